The maximum Gasteiger partial charge on any atom is 0.323 e. The summed E-state index contributed by atoms with van der Waals surface area (Å²) in [7, 11) is 2.79. The number of imide groups is 1. The van der Waals surface area contributed by atoms with Crippen LogP contribution in [0.2, 0.25) is 0 Å². The van der Waals surface area contributed by atoms with E-state index in [1.54, 1.807) is 0 Å². The van der Waals surface area contributed by atoms with Gasteiger partial charge in [-0.15, -0.1) is 0 Å². The van der Waals surface area contributed by atoms with Crippen molar-refractivity contribution >= 4 is 17.9 Å². The number of methoxy groups -OCH3 is 2. The number of rotatable bonds is 8. The van der Waals surface area contributed by atoms with Gasteiger partial charge in [0.1, 0.15) is 6.04 Å². The van der Waals surface area contributed by atoms with Gasteiger partial charge in [0.25, 0.3) is 0 Å². The van der Waals surface area contributed by atoms with Crippen molar-refractivity contribution in [3.05, 3.63) is 0 Å². The fourth-order valence-corrected chi connectivity index (χ4v) is 1.40. The smallest absolute Gasteiger partial charge is 0.323 e. The predicted octanol–water partition coefficient (Wildman–Crippen LogP) is -0.754. The Morgan fingerprint density at radius 1 is 1.15 bits per heavy atom. The highest BCUT2D eigenvalue weighted by Crippen LogP contribution is 2.02. The van der Waals surface area contributed by atoms with Crippen LogP contribution in [0, 0.1) is 5.92 Å². The van der Waals surface area contributed by atoms with Crippen LogP contribution in [0.5, 0.6) is 0 Å². The molecule has 20 heavy (non-hydrogen) atoms. The van der Waals surface area contributed by atoms with Gasteiger partial charge in [0, 0.05) is 13.7 Å². The molecule has 1 atom stereocenters. The zero-order valence-corrected chi connectivity index (χ0v) is 12.3. The monoisotopic (exact) mass is 289 g/mol. The second-order valence-corrected chi connectivity index (χ2v) is 4.42. The Morgan fingerprint density at radius 2 is 1.80 bits per heavy atom. The van der Waals surface area contributed by atoms with E-state index in [9.17, 15) is 14.4 Å². The Bertz CT molecular complexity index is 333. The Kier molecular flexibility index (Phi) is 9.31. The summed E-state index contributed by atoms with van der Waals surface area (Å²) in [6, 6.07) is -1.20. The van der Waals surface area contributed by atoms with Crippen molar-refractivity contribution < 1.29 is 23.9 Å². The zero-order chi connectivity index (χ0) is 15.5. The molecule has 0 radical (unpaired) electrons. The summed E-state index contributed by atoms with van der Waals surface area (Å²) in [6.07, 6.45) is 0. The highest BCUT2D eigenvalue weighted by Gasteiger charge is 2.23. The van der Waals surface area contributed by atoms with E-state index in [0.29, 0.717) is 13.2 Å². The van der Waals surface area contributed by atoms with Crippen molar-refractivity contribution in [2.75, 3.05) is 33.9 Å². The van der Waals surface area contributed by atoms with Crippen LogP contribution in [-0.2, 0) is 19.1 Å². The van der Waals surface area contributed by atoms with Crippen molar-refractivity contribution in [1.82, 2.24) is 16.0 Å². The Balaban J connectivity index is 4.07. The summed E-state index contributed by atoms with van der Waals surface area (Å²) < 4.78 is 9.38. The lowest BCUT2D eigenvalue weighted by atomic mass is 10.0. The number of carbonyl (C=O) groups is 3. The van der Waals surface area contributed by atoms with Gasteiger partial charge in [-0.1, -0.05) is 13.8 Å². The highest BCUT2D eigenvalue weighted by molar-refractivity contribution is 5.95. The number of hydrogen-bond acceptors (Lipinski definition) is 6. The van der Waals surface area contributed by atoms with Crippen LogP contribution < -0.4 is 16.0 Å². The van der Waals surface area contributed by atoms with Crippen LogP contribution in [-0.4, -0.2) is 57.9 Å². The molecule has 0 aromatic rings. The van der Waals surface area contributed by atoms with Crippen molar-refractivity contribution in [2.24, 2.45) is 5.92 Å². The Morgan fingerprint density at radius 3 is 2.30 bits per heavy atom. The molecule has 8 heteroatoms. The summed E-state index contributed by atoms with van der Waals surface area (Å²) in [6.45, 7) is 4.15. The molecule has 0 rings (SSSR count). The van der Waals surface area contributed by atoms with Crippen molar-refractivity contribution in [2.45, 2.75) is 19.9 Å². The summed E-state index contributed by atoms with van der Waals surface area (Å²) in [5.41, 5.74) is 0. The van der Waals surface area contributed by atoms with Gasteiger partial charge in [-0.05, 0) is 5.92 Å². The molecule has 116 valence electrons. The molecule has 0 saturated heterocycles. The van der Waals surface area contributed by atoms with E-state index < -0.39 is 23.9 Å². The molecule has 8 nitrogen and oxygen atoms in total. The molecule has 0 heterocycles. The average Bonchev–Trinajstić information content (AvgIpc) is 2.38. The number of urea groups is 1. The lowest BCUT2D eigenvalue weighted by Crippen LogP contribution is -2.49. The minimum atomic E-state index is -0.604. The van der Waals surface area contributed by atoms with E-state index in [4.69, 9.17) is 4.74 Å². The second-order valence-electron chi connectivity index (χ2n) is 4.42. The third-order valence-electron chi connectivity index (χ3n) is 2.45. The molecular weight excluding hydrogens is 266 g/mol. The van der Waals surface area contributed by atoms with Gasteiger partial charge in [0.15, 0.2) is 0 Å². The summed E-state index contributed by atoms with van der Waals surface area (Å²) in [5, 5.41) is 7.33. The quantitative estimate of drug-likeness (QED) is 0.401. The number of nitrogens with one attached hydrogen (secondary N) is 3. The van der Waals surface area contributed by atoms with Gasteiger partial charge < -0.3 is 14.8 Å². The van der Waals surface area contributed by atoms with E-state index in [0.717, 1.165) is 0 Å². The van der Waals surface area contributed by atoms with Gasteiger partial charge >= 0.3 is 12.0 Å². The van der Waals surface area contributed by atoms with E-state index in [1.807, 2.05) is 13.8 Å². The molecule has 0 aromatic carbocycles. The average molecular weight is 289 g/mol. The van der Waals surface area contributed by atoms with Crippen LogP contribution in [0.25, 0.3) is 0 Å². The van der Waals surface area contributed by atoms with Crippen LogP contribution in [0.15, 0.2) is 0 Å². The minimum Gasteiger partial charge on any atom is -0.468 e. The normalized spacial score (nSPS) is 11.8. The maximum absolute atomic E-state index is 11.5. The van der Waals surface area contributed by atoms with Gasteiger partial charge in [-0.2, -0.15) is 0 Å². The molecular formula is C12H23N3O5. The first-order valence-electron chi connectivity index (χ1n) is 6.30. The van der Waals surface area contributed by atoms with Gasteiger partial charge in [-0.25, -0.2) is 4.79 Å². The van der Waals surface area contributed by atoms with Crippen LogP contribution in [0.3, 0.4) is 0 Å². The molecule has 0 aliphatic heterocycles. The van der Waals surface area contributed by atoms with Crippen molar-refractivity contribution in [3.63, 3.8) is 0 Å². The van der Waals surface area contributed by atoms with E-state index in [-0.39, 0.29) is 12.5 Å². The first-order valence-corrected chi connectivity index (χ1v) is 6.30. The van der Waals surface area contributed by atoms with Gasteiger partial charge in [-0.3, -0.25) is 20.2 Å². The Hall–Kier alpha value is -1.67. The van der Waals surface area contributed by atoms with Crippen LogP contribution in [0.1, 0.15) is 13.8 Å². The number of amides is 3. The maximum atomic E-state index is 11.5. The number of esters is 1. The number of hydrogen-bond donors (Lipinski definition) is 3. The largest absolute Gasteiger partial charge is 0.468 e. The molecule has 0 aliphatic rings. The standard InChI is InChI=1S/C12H23N3O5/c1-8(2)10(11(17)20-4)14-7-9(16)15-12(18)13-5-6-19-3/h8,10,14H,5-7H2,1-4H3,(H2,13,15,16,18). The molecule has 1 unspecified atom stereocenters. The molecule has 0 bridgehead atoms. The first kappa shape index (κ1) is 18.3. The third kappa shape index (κ3) is 7.70. The fourth-order valence-electron chi connectivity index (χ4n) is 1.40. The van der Waals surface area contributed by atoms with Crippen molar-refractivity contribution in [3.8, 4) is 0 Å². The number of carbonyl (C=O) groups excluding carboxylic acids is 3. The number of ether oxygens (including phenoxy) is 2. The van der Waals surface area contributed by atoms with E-state index in [1.165, 1.54) is 14.2 Å². The van der Waals surface area contributed by atoms with Crippen molar-refractivity contribution in [1.29, 1.82) is 0 Å². The topological polar surface area (TPSA) is 106 Å². The third-order valence-corrected chi connectivity index (χ3v) is 2.45. The lowest BCUT2D eigenvalue weighted by molar-refractivity contribution is -0.144. The van der Waals surface area contributed by atoms with Gasteiger partial charge in [0.2, 0.25) is 5.91 Å². The summed E-state index contributed by atoms with van der Waals surface area (Å²) in [5.74, 6) is -1.02. The lowest BCUT2D eigenvalue weighted by Gasteiger charge is -2.19. The highest BCUT2D eigenvalue weighted by atomic mass is 16.5. The van der Waals surface area contributed by atoms with Crippen LogP contribution >= 0.6 is 0 Å². The van der Waals surface area contributed by atoms with Gasteiger partial charge in [0.05, 0.1) is 20.3 Å². The van der Waals surface area contributed by atoms with E-state index in [2.05, 4.69) is 20.7 Å². The minimum absolute atomic E-state index is 0.0363. The summed E-state index contributed by atoms with van der Waals surface area (Å²) in [4.78, 5) is 34.2. The van der Waals surface area contributed by atoms with E-state index >= 15 is 0 Å². The summed E-state index contributed by atoms with van der Waals surface area (Å²) >= 11 is 0. The molecule has 3 N–H and O–H groups in total. The SMILES string of the molecule is COCCNC(=O)NC(=O)CNC(C(=O)OC)C(C)C. The molecule has 0 saturated carbocycles. The zero-order valence-electron chi connectivity index (χ0n) is 12.3. The van der Waals surface area contributed by atoms with Crippen LogP contribution in [0.4, 0.5) is 4.79 Å². The fraction of sp³-hybridized carbons (Fsp3) is 0.750. The first-order chi connectivity index (χ1) is 9.42. The molecule has 0 spiro atoms. The second kappa shape index (κ2) is 10.2. The predicted molar refractivity (Wildman–Crippen MR) is 72.1 cm³/mol. The molecule has 0 fully saturated rings. The Labute approximate surface area is 118 Å². The molecule has 0 aromatic heterocycles. The molecule has 0 aliphatic carbocycles. The molecule has 3 amide bonds.